The Kier molecular flexibility index (Phi) is 12.5. The zero-order valence-electron chi connectivity index (χ0n) is 34.3. The summed E-state index contributed by atoms with van der Waals surface area (Å²) in [7, 11) is 4.10. The molecule has 2 aromatic rings. The number of carbonyl (C=O) groups excluding carboxylic acids is 4. The summed E-state index contributed by atoms with van der Waals surface area (Å²) < 4.78 is 21.0. The number of allylic oxidation sites excluding steroid dienone is 2. The Morgan fingerprint density at radius 3 is 1.83 bits per heavy atom. The molecule has 58 heavy (non-hydrogen) atoms. The molecule has 4 heterocycles. The van der Waals surface area contributed by atoms with E-state index >= 15 is 0 Å². The normalized spacial score (nSPS) is 21.8. The number of ether oxygens (including phenoxy) is 4. The Morgan fingerprint density at radius 1 is 0.690 bits per heavy atom. The first kappa shape index (κ1) is 40.9. The molecular formula is C45H55N5O8. The van der Waals surface area contributed by atoms with E-state index in [4.69, 9.17) is 23.9 Å². The van der Waals surface area contributed by atoms with Gasteiger partial charge in [0.15, 0.2) is 0 Å². The van der Waals surface area contributed by atoms with E-state index in [1.165, 1.54) is 43.6 Å². The summed E-state index contributed by atoms with van der Waals surface area (Å²) in [6.45, 7) is 7.98. The monoisotopic (exact) mass is 793 g/mol. The zero-order valence-corrected chi connectivity index (χ0v) is 34.3. The highest BCUT2D eigenvalue weighted by Gasteiger charge is 2.42. The molecule has 0 spiro atoms. The summed E-state index contributed by atoms with van der Waals surface area (Å²) in [5.41, 5.74) is 11.5. The zero-order chi connectivity index (χ0) is 41.1. The molecule has 5 atom stereocenters. The molecule has 1 aliphatic carbocycles. The summed E-state index contributed by atoms with van der Waals surface area (Å²) >= 11 is 0. The highest BCUT2D eigenvalue weighted by atomic mass is 16.5. The minimum Gasteiger partial charge on any atom is -0.453 e. The molecule has 5 aliphatic rings. The number of carbonyl (C=O) groups is 4. The first-order chi connectivity index (χ1) is 28.0. The third kappa shape index (κ3) is 8.20. The molecule has 0 bridgehead atoms. The lowest BCUT2D eigenvalue weighted by molar-refractivity contribution is -0.136. The molecule has 0 radical (unpaired) electrons. The minimum absolute atomic E-state index is 0.0290. The molecule has 0 saturated carbocycles. The number of likely N-dealkylation sites (tertiary alicyclic amines) is 2. The number of hydrogen-bond acceptors (Lipinski definition) is 9. The van der Waals surface area contributed by atoms with Crippen molar-refractivity contribution in [3.63, 3.8) is 0 Å². The van der Waals surface area contributed by atoms with Gasteiger partial charge < -0.3 is 39.4 Å². The van der Waals surface area contributed by atoms with E-state index in [-0.39, 0.29) is 29.8 Å². The molecule has 0 aromatic heterocycles. The number of nitrogens with zero attached hydrogens (tertiary/aromatic N) is 3. The Morgan fingerprint density at radius 2 is 1.22 bits per heavy atom. The smallest absolute Gasteiger partial charge is 0.407 e. The molecule has 7 rings (SSSR count). The van der Waals surface area contributed by atoms with Gasteiger partial charge in [0.2, 0.25) is 11.8 Å². The second-order valence-corrected chi connectivity index (χ2v) is 16.0. The Hall–Kier alpha value is -5.27. The number of benzene rings is 2. The van der Waals surface area contributed by atoms with Crippen LogP contribution in [0.5, 0.6) is 0 Å². The third-order valence-electron chi connectivity index (χ3n) is 12.4. The van der Waals surface area contributed by atoms with E-state index in [2.05, 4.69) is 59.2 Å². The molecule has 4 aliphatic heterocycles. The molecular weight excluding hydrogens is 739 g/mol. The number of methoxy groups -OCH3 is 3. The van der Waals surface area contributed by atoms with Crippen LogP contribution in [0.15, 0.2) is 76.4 Å². The van der Waals surface area contributed by atoms with Crippen LogP contribution in [0.25, 0.3) is 22.3 Å². The number of nitrogens with one attached hydrogen (secondary N) is 2. The molecule has 0 unspecified atom stereocenters. The topological polar surface area (TPSA) is 148 Å². The van der Waals surface area contributed by atoms with Gasteiger partial charge in [0, 0.05) is 38.5 Å². The van der Waals surface area contributed by atoms with Crippen LogP contribution in [0.4, 0.5) is 9.59 Å². The maximum atomic E-state index is 13.9. The molecule has 13 nitrogen and oxygen atoms in total. The maximum Gasteiger partial charge on any atom is 0.407 e. The van der Waals surface area contributed by atoms with E-state index in [0.717, 1.165) is 65.6 Å². The van der Waals surface area contributed by atoms with Gasteiger partial charge in [-0.15, -0.1) is 0 Å². The summed E-state index contributed by atoms with van der Waals surface area (Å²) in [6, 6.07) is 15.5. The van der Waals surface area contributed by atoms with Crippen LogP contribution in [0.2, 0.25) is 0 Å². The van der Waals surface area contributed by atoms with Crippen molar-refractivity contribution >= 4 is 40.9 Å². The largest absolute Gasteiger partial charge is 0.453 e. The molecule has 2 aromatic carbocycles. The van der Waals surface area contributed by atoms with Crippen molar-refractivity contribution in [2.75, 3.05) is 47.6 Å². The Labute approximate surface area is 340 Å². The van der Waals surface area contributed by atoms with E-state index < -0.39 is 30.4 Å². The number of rotatable bonds is 12. The van der Waals surface area contributed by atoms with Crippen molar-refractivity contribution in [2.45, 2.75) is 89.6 Å². The number of aliphatic imine (C=N–C) groups is 1. The lowest BCUT2D eigenvalue weighted by Crippen LogP contribution is -2.56. The van der Waals surface area contributed by atoms with Crippen molar-refractivity contribution < 1.29 is 38.1 Å². The van der Waals surface area contributed by atoms with Crippen molar-refractivity contribution in [1.82, 2.24) is 20.4 Å². The van der Waals surface area contributed by atoms with Gasteiger partial charge in [0.05, 0.1) is 45.6 Å². The van der Waals surface area contributed by atoms with Gasteiger partial charge >= 0.3 is 12.2 Å². The van der Waals surface area contributed by atoms with Crippen molar-refractivity contribution in [1.29, 1.82) is 0 Å². The van der Waals surface area contributed by atoms with Crippen LogP contribution in [0, 0.1) is 5.92 Å². The van der Waals surface area contributed by atoms with Gasteiger partial charge in [-0.25, -0.2) is 9.59 Å². The first-order valence-corrected chi connectivity index (χ1v) is 20.3. The number of alkyl carbamates (subject to hydrolysis) is 2. The summed E-state index contributed by atoms with van der Waals surface area (Å²) in [5, 5.41) is 5.41. The molecule has 13 heteroatoms. The maximum absolute atomic E-state index is 13.9. The van der Waals surface area contributed by atoms with E-state index in [0.29, 0.717) is 32.7 Å². The molecule has 3 fully saturated rings. The fourth-order valence-corrected chi connectivity index (χ4v) is 9.08. The van der Waals surface area contributed by atoms with Gasteiger partial charge in [0.25, 0.3) is 0 Å². The van der Waals surface area contributed by atoms with Crippen LogP contribution >= 0.6 is 0 Å². The summed E-state index contributed by atoms with van der Waals surface area (Å²) in [4.78, 5) is 60.2. The second kappa shape index (κ2) is 17.7. The number of fused-ring (bicyclic) bond motifs is 1. The van der Waals surface area contributed by atoms with E-state index in [9.17, 15) is 19.2 Å². The van der Waals surface area contributed by atoms with Crippen LogP contribution in [-0.4, -0.2) is 117 Å². The van der Waals surface area contributed by atoms with Gasteiger partial charge in [-0.05, 0) is 95.1 Å². The van der Waals surface area contributed by atoms with Crippen LogP contribution < -0.4 is 10.6 Å². The number of hydrogen-bond donors (Lipinski definition) is 2. The fraction of sp³-hybridized carbons (Fsp3) is 0.489. The van der Waals surface area contributed by atoms with Crippen LogP contribution in [-0.2, 0) is 28.5 Å². The average molecular weight is 794 g/mol. The van der Waals surface area contributed by atoms with Gasteiger partial charge in [-0.1, -0.05) is 62.4 Å². The highest BCUT2D eigenvalue weighted by Crippen LogP contribution is 2.46. The molecule has 2 N–H and O–H groups in total. The molecule has 3 saturated heterocycles. The van der Waals surface area contributed by atoms with Crippen LogP contribution in [0.1, 0.15) is 70.4 Å². The van der Waals surface area contributed by atoms with Gasteiger partial charge in [0.1, 0.15) is 12.1 Å². The SMILES string of the molecule is COC(=O)N[C@H](C(=O)N1CCC[C@H]1C1=C2COCC2=C(c2ccc(-c3ccc(C4=CN=C([C@@H]5CCCN5C(=O)[C@@H](NC(=O)OC)[C@@H](C)OC)C4)cc3)cc2)C1)C(C)C. The summed E-state index contributed by atoms with van der Waals surface area (Å²) in [6.07, 6.45) is 4.98. The lowest BCUT2D eigenvalue weighted by atomic mass is 9.94. The lowest BCUT2D eigenvalue weighted by Gasteiger charge is -2.32. The fourth-order valence-electron chi connectivity index (χ4n) is 9.08. The van der Waals surface area contributed by atoms with E-state index in [1.807, 2.05) is 29.8 Å². The second-order valence-electron chi connectivity index (χ2n) is 16.0. The molecule has 4 amide bonds. The summed E-state index contributed by atoms with van der Waals surface area (Å²) in [5.74, 6) is -0.353. The Bertz CT molecular complexity index is 2040. The van der Waals surface area contributed by atoms with Crippen molar-refractivity contribution in [3.05, 3.63) is 82.6 Å². The molecule has 308 valence electrons. The Balaban J connectivity index is 0.992. The minimum atomic E-state index is -0.866. The predicted octanol–water partition coefficient (Wildman–Crippen LogP) is 6.15. The van der Waals surface area contributed by atoms with Gasteiger partial charge in [-0.2, -0.15) is 0 Å². The van der Waals surface area contributed by atoms with Gasteiger partial charge in [-0.3, -0.25) is 14.6 Å². The highest BCUT2D eigenvalue weighted by molar-refractivity contribution is 6.04. The van der Waals surface area contributed by atoms with Crippen LogP contribution in [0.3, 0.4) is 0 Å². The number of amides is 4. The predicted molar refractivity (Wildman–Crippen MR) is 221 cm³/mol. The van der Waals surface area contributed by atoms with E-state index in [1.54, 1.807) is 6.92 Å². The van der Waals surface area contributed by atoms with Crippen molar-refractivity contribution in [3.8, 4) is 11.1 Å². The van der Waals surface area contributed by atoms with Crippen molar-refractivity contribution in [2.24, 2.45) is 10.9 Å². The third-order valence-corrected chi connectivity index (χ3v) is 12.4. The first-order valence-electron chi connectivity index (χ1n) is 20.3. The average Bonchev–Trinajstić information content (AvgIpc) is 4.10. The quantitative estimate of drug-likeness (QED) is 0.260. The standard InChI is InChI=1S/C45H55N5O8/c1-26(2)40(47-44(53)56-5)42(51)49-19-7-9-38(49)34-22-33(35-24-58-25-36(34)35)31-17-15-29(16-18-31)28-11-13-30(14-12-28)32-21-37(46-23-32)39-10-8-20-50(39)43(52)41(27(3)55-4)48-45(54)57-6/h11-18,23,26-27,38-41H,7-10,19-22,24-25H2,1-6H3,(H,47,53)(H,48,54)/t27-,38+,39+,40+,41+/m1/s1.